The van der Waals surface area contributed by atoms with Gasteiger partial charge < -0.3 is 16.0 Å². The summed E-state index contributed by atoms with van der Waals surface area (Å²) in [7, 11) is 0. The van der Waals surface area contributed by atoms with Crippen LogP contribution in [0.2, 0.25) is 0 Å². The summed E-state index contributed by atoms with van der Waals surface area (Å²) in [5.74, 6) is -0.370. The summed E-state index contributed by atoms with van der Waals surface area (Å²) in [6, 6.07) is 6.00. The topological polar surface area (TPSA) is 58.4 Å². The van der Waals surface area contributed by atoms with Gasteiger partial charge in [-0.15, -0.1) is 12.4 Å². The minimum atomic E-state index is -0.340. The molecule has 1 aliphatic rings. The number of rotatable bonds is 4. The lowest BCUT2D eigenvalue weighted by atomic mass is 9.94. The number of benzene rings is 1. The maximum Gasteiger partial charge on any atom is 0.227 e. The fourth-order valence-corrected chi connectivity index (χ4v) is 2.74. The van der Waals surface area contributed by atoms with Crippen LogP contribution in [0.25, 0.3) is 0 Å². The summed E-state index contributed by atoms with van der Waals surface area (Å²) >= 11 is 0. The highest BCUT2D eigenvalue weighted by molar-refractivity contribution is 5.92. The fourth-order valence-electron chi connectivity index (χ4n) is 2.74. The standard InChI is InChI=1S/C16H24FN3O.ClH/c1-16(2,18)11-20-8-6-12(7-9-20)15(21)19-14-5-3-4-13(17)10-14;/h3-5,10,12H,6-9,11,18H2,1-2H3,(H,19,21);1H. The van der Waals surface area contributed by atoms with Crippen LogP contribution < -0.4 is 11.1 Å². The van der Waals surface area contributed by atoms with E-state index < -0.39 is 0 Å². The van der Waals surface area contributed by atoms with Gasteiger partial charge in [0.1, 0.15) is 5.82 Å². The minimum Gasteiger partial charge on any atom is -0.326 e. The van der Waals surface area contributed by atoms with Gasteiger partial charge in [-0.1, -0.05) is 6.07 Å². The Hall–Kier alpha value is -1.17. The third kappa shape index (κ3) is 5.91. The van der Waals surface area contributed by atoms with Crippen LogP contribution in [-0.4, -0.2) is 36.0 Å². The molecule has 1 saturated heterocycles. The molecule has 1 amide bonds. The van der Waals surface area contributed by atoms with Crippen LogP contribution in [0.5, 0.6) is 0 Å². The molecular formula is C16H25ClFN3O. The maximum atomic E-state index is 13.1. The van der Waals surface area contributed by atoms with Gasteiger partial charge in [0, 0.05) is 23.7 Å². The largest absolute Gasteiger partial charge is 0.326 e. The van der Waals surface area contributed by atoms with Crippen LogP contribution >= 0.6 is 12.4 Å². The Morgan fingerprint density at radius 2 is 2.05 bits per heavy atom. The van der Waals surface area contributed by atoms with Crippen molar-refractivity contribution in [2.45, 2.75) is 32.2 Å². The summed E-state index contributed by atoms with van der Waals surface area (Å²) in [4.78, 5) is 14.5. The number of hydrogen-bond acceptors (Lipinski definition) is 3. The molecule has 0 bridgehead atoms. The van der Waals surface area contributed by atoms with Crippen molar-refractivity contribution in [2.75, 3.05) is 25.0 Å². The Kier molecular flexibility index (Phi) is 6.78. The van der Waals surface area contributed by atoms with Crippen molar-refractivity contribution in [1.82, 2.24) is 4.90 Å². The highest BCUT2D eigenvalue weighted by atomic mass is 35.5. The first-order chi connectivity index (χ1) is 9.83. The van der Waals surface area contributed by atoms with Gasteiger partial charge >= 0.3 is 0 Å². The van der Waals surface area contributed by atoms with Crippen LogP contribution in [0.1, 0.15) is 26.7 Å². The summed E-state index contributed by atoms with van der Waals surface area (Å²) < 4.78 is 13.1. The molecule has 0 radical (unpaired) electrons. The number of nitrogens with two attached hydrogens (primary N) is 1. The van der Waals surface area contributed by atoms with Gasteiger partial charge in [0.05, 0.1) is 0 Å². The summed E-state index contributed by atoms with van der Waals surface area (Å²) in [6.07, 6.45) is 1.63. The molecule has 22 heavy (non-hydrogen) atoms. The molecule has 0 aliphatic carbocycles. The molecule has 0 aromatic heterocycles. The molecule has 124 valence electrons. The zero-order valence-electron chi connectivity index (χ0n) is 13.1. The molecule has 0 atom stereocenters. The Morgan fingerprint density at radius 1 is 1.41 bits per heavy atom. The van der Waals surface area contributed by atoms with E-state index in [9.17, 15) is 9.18 Å². The number of carbonyl (C=O) groups is 1. The number of anilines is 1. The quantitative estimate of drug-likeness (QED) is 0.892. The third-order valence-electron chi connectivity index (χ3n) is 3.68. The predicted molar refractivity (Wildman–Crippen MR) is 89.7 cm³/mol. The van der Waals surface area contributed by atoms with E-state index in [0.717, 1.165) is 32.5 Å². The van der Waals surface area contributed by atoms with Crippen LogP contribution in [0.3, 0.4) is 0 Å². The molecule has 1 aliphatic heterocycles. The Bertz CT molecular complexity index is 496. The van der Waals surface area contributed by atoms with Gasteiger partial charge in [0.25, 0.3) is 0 Å². The number of carbonyl (C=O) groups excluding carboxylic acids is 1. The molecule has 1 aromatic rings. The average Bonchev–Trinajstić information content (AvgIpc) is 2.37. The Balaban J connectivity index is 0.00000242. The summed E-state index contributed by atoms with van der Waals surface area (Å²) in [6.45, 7) is 6.61. The summed E-state index contributed by atoms with van der Waals surface area (Å²) in [5.41, 5.74) is 6.33. The molecule has 1 heterocycles. The molecule has 1 fully saturated rings. The molecule has 0 unspecified atom stereocenters. The van der Waals surface area contributed by atoms with Gasteiger partial charge in [0.2, 0.25) is 5.91 Å². The van der Waals surface area contributed by atoms with E-state index in [4.69, 9.17) is 5.73 Å². The Morgan fingerprint density at radius 3 is 2.59 bits per heavy atom. The van der Waals surface area contributed by atoms with E-state index in [0.29, 0.717) is 5.69 Å². The maximum absolute atomic E-state index is 13.1. The van der Waals surface area contributed by atoms with E-state index in [-0.39, 0.29) is 35.6 Å². The van der Waals surface area contributed by atoms with E-state index in [1.54, 1.807) is 12.1 Å². The van der Waals surface area contributed by atoms with Crippen molar-refractivity contribution < 1.29 is 9.18 Å². The fraction of sp³-hybridized carbons (Fsp3) is 0.562. The van der Waals surface area contributed by atoms with Crippen molar-refractivity contribution in [3.8, 4) is 0 Å². The Labute approximate surface area is 137 Å². The van der Waals surface area contributed by atoms with Crippen LogP contribution in [0, 0.1) is 11.7 Å². The van der Waals surface area contributed by atoms with Gasteiger partial charge in [-0.05, 0) is 58.0 Å². The smallest absolute Gasteiger partial charge is 0.227 e. The number of halogens is 2. The number of likely N-dealkylation sites (tertiary alicyclic amines) is 1. The van der Waals surface area contributed by atoms with E-state index in [1.165, 1.54) is 12.1 Å². The van der Waals surface area contributed by atoms with Gasteiger partial charge in [-0.2, -0.15) is 0 Å². The molecule has 4 nitrogen and oxygen atoms in total. The lowest BCUT2D eigenvalue weighted by Crippen LogP contribution is -2.48. The SMILES string of the molecule is CC(C)(N)CN1CCC(C(=O)Nc2cccc(F)c2)CC1.Cl. The second-order valence-corrected chi connectivity index (χ2v) is 6.54. The predicted octanol–water partition coefficient (Wildman–Crippen LogP) is 2.64. The third-order valence-corrected chi connectivity index (χ3v) is 3.68. The van der Waals surface area contributed by atoms with Crippen molar-refractivity contribution in [3.05, 3.63) is 30.1 Å². The lowest BCUT2D eigenvalue weighted by Gasteiger charge is -2.35. The molecule has 3 N–H and O–H groups in total. The zero-order chi connectivity index (χ0) is 15.5. The van der Waals surface area contributed by atoms with Gasteiger partial charge in [-0.25, -0.2) is 4.39 Å². The van der Waals surface area contributed by atoms with Crippen LogP contribution in [0.15, 0.2) is 24.3 Å². The first kappa shape index (κ1) is 18.9. The second kappa shape index (κ2) is 7.90. The number of piperidine rings is 1. The van der Waals surface area contributed by atoms with E-state index >= 15 is 0 Å². The van der Waals surface area contributed by atoms with Crippen molar-refractivity contribution in [2.24, 2.45) is 11.7 Å². The number of amides is 1. The van der Waals surface area contributed by atoms with Crippen LogP contribution in [0.4, 0.5) is 10.1 Å². The van der Waals surface area contributed by atoms with Crippen molar-refractivity contribution >= 4 is 24.0 Å². The highest BCUT2D eigenvalue weighted by Crippen LogP contribution is 2.20. The normalized spacial score (nSPS) is 16.9. The van der Waals surface area contributed by atoms with E-state index in [2.05, 4.69) is 10.2 Å². The molecule has 1 aromatic carbocycles. The highest BCUT2D eigenvalue weighted by Gasteiger charge is 2.27. The number of nitrogens with one attached hydrogen (secondary N) is 1. The first-order valence-electron chi connectivity index (χ1n) is 7.41. The van der Waals surface area contributed by atoms with Gasteiger partial charge in [-0.3, -0.25) is 4.79 Å². The molecule has 0 saturated carbocycles. The minimum absolute atomic E-state index is 0. The van der Waals surface area contributed by atoms with E-state index in [1.807, 2.05) is 13.8 Å². The molecule has 6 heteroatoms. The average molecular weight is 330 g/mol. The summed E-state index contributed by atoms with van der Waals surface area (Å²) in [5, 5.41) is 2.79. The first-order valence-corrected chi connectivity index (χ1v) is 7.41. The van der Waals surface area contributed by atoms with Gasteiger partial charge in [0.15, 0.2) is 0 Å². The molecular weight excluding hydrogens is 305 g/mol. The second-order valence-electron chi connectivity index (χ2n) is 6.54. The zero-order valence-corrected chi connectivity index (χ0v) is 14.0. The lowest BCUT2D eigenvalue weighted by molar-refractivity contribution is -0.121. The molecule has 2 rings (SSSR count). The molecule has 0 spiro atoms. The number of hydrogen-bond donors (Lipinski definition) is 2. The monoisotopic (exact) mass is 329 g/mol. The number of nitrogens with zero attached hydrogens (tertiary/aromatic N) is 1. The van der Waals surface area contributed by atoms with Crippen molar-refractivity contribution in [3.63, 3.8) is 0 Å². The van der Waals surface area contributed by atoms with Crippen LogP contribution in [-0.2, 0) is 4.79 Å². The van der Waals surface area contributed by atoms with Crippen molar-refractivity contribution in [1.29, 1.82) is 0 Å².